The van der Waals surface area contributed by atoms with E-state index >= 15 is 0 Å². The van der Waals surface area contributed by atoms with Crippen LogP contribution in [-0.2, 0) is 4.74 Å². The molecule has 0 bridgehead atoms. The van der Waals surface area contributed by atoms with Crippen LogP contribution >= 0.6 is 0 Å². The van der Waals surface area contributed by atoms with E-state index in [1.807, 2.05) is 24.3 Å². The van der Waals surface area contributed by atoms with E-state index in [2.05, 4.69) is 10.1 Å². The van der Waals surface area contributed by atoms with Crippen molar-refractivity contribution in [3.8, 4) is 5.75 Å². The van der Waals surface area contributed by atoms with Gasteiger partial charge < -0.3 is 9.47 Å². The molecule has 0 N–H and O–H groups in total. The van der Waals surface area contributed by atoms with Gasteiger partial charge in [0, 0.05) is 23.9 Å². The van der Waals surface area contributed by atoms with Crippen LogP contribution in [0.1, 0.15) is 34.0 Å². The van der Waals surface area contributed by atoms with Gasteiger partial charge in [0.2, 0.25) is 0 Å². The molecule has 0 saturated carbocycles. The Bertz CT molecular complexity index is 903. The third-order valence-corrected chi connectivity index (χ3v) is 4.27. The lowest BCUT2D eigenvalue weighted by Crippen LogP contribution is -2.20. The molecule has 4 rings (SSSR count). The Morgan fingerprint density at radius 1 is 1.38 bits per heavy atom. The fraction of sp³-hybridized carbons (Fsp3) is 0.278. The summed E-state index contributed by atoms with van der Waals surface area (Å²) in [6, 6.07) is 9.66. The molecule has 3 aromatic rings. The van der Waals surface area contributed by atoms with E-state index in [9.17, 15) is 4.79 Å². The highest BCUT2D eigenvalue weighted by Gasteiger charge is 2.25. The summed E-state index contributed by atoms with van der Waals surface area (Å²) < 4.78 is 12.8. The summed E-state index contributed by atoms with van der Waals surface area (Å²) >= 11 is 0. The van der Waals surface area contributed by atoms with Crippen molar-refractivity contribution in [3.05, 3.63) is 59.5 Å². The summed E-state index contributed by atoms with van der Waals surface area (Å²) in [5, 5.41) is 4.30. The fourth-order valence-corrected chi connectivity index (χ4v) is 3.07. The van der Waals surface area contributed by atoms with Crippen LogP contribution in [-0.4, -0.2) is 33.8 Å². The second kappa shape index (κ2) is 5.96. The van der Waals surface area contributed by atoms with Gasteiger partial charge in [0.05, 0.1) is 18.9 Å². The van der Waals surface area contributed by atoms with Gasteiger partial charge in [-0.15, -0.1) is 0 Å². The molecule has 0 fully saturated rings. The number of benzene rings is 1. The van der Waals surface area contributed by atoms with Crippen molar-refractivity contribution >= 4 is 11.6 Å². The minimum absolute atomic E-state index is 0.147. The number of rotatable bonds is 3. The maximum Gasteiger partial charge on any atom is 0.343 e. The molecular formula is C18H17N3O3. The van der Waals surface area contributed by atoms with Gasteiger partial charge in [-0.05, 0) is 25.5 Å². The maximum absolute atomic E-state index is 12.5. The molecule has 0 saturated heterocycles. The Kier molecular flexibility index (Phi) is 3.65. The largest absolute Gasteiger partial charge is 0.493 e. The van der Waals surface area contributed by atoms with E-state index in [0.717, 1.165) is 17.7 Å². The minimum atomic E-state index is -0.384. The summed E-state index contributed by atoms with van der Waals surface area (Å²) in [5.74, 6) is 0.637. The van der Waals surface area contributed by atoms with E-state index in [1.54, 1.807) is 29.9 Å². The monoisotopic (exact) mass is 323 g/mol. The van der Waals surface area contributed by atoms with Gasteiger partial charge in [0.15, 0.2) is 5.65 Å². The summed E-state index contributed by atoms with van der Waals surface area (Å²) in [7, 11) is 0. The first-order valence-electron chi connectivity index (χ1n) is 7.93. The third kappa shape index (κ3) is 2.50. The van der Waals surface area contributed by atoms with Crippen molar-refractivity contribution in [3.63, 3.8) is 0 Å². The quantitative estimate of drug-likeness (QED) is 0.693. The van der Waals surface area contributed by atoms with Gasteiger partial charge in [-0.1, -0.05) is 18.2 Å². The number of aryl methyl sites for hydroxylation is 1. The van der Waals surface area contributed by atoms with Gasteiger partial charge in [-0.2, -0.15) is 5.10 Å². The summed E-state index contributed by atoms with van der Waals surface area (Å²) in [6.45, 7) is 2.74. The van der Waals surface area contributed by atoms with Gasteiger partial charge in [0.25, 0.3) is 0 Å². The highest BCUT2D eigenvalue weighted by molar-refractivity contribution is 5.97. The Morgan fingerprint density at radius 3 is 3.17 bits per heavy atom. The van der Waals surface area contributed by atoms with E-state index in [1.165, 1.54) is 0 Å². The topological polar surface area (TPSA) is 65.7 Å². The molecule has 1 aromatic carbocycles. The molecule has 0 spiro atoms. The molecule has 122 valence electrons. The predicted octanol–water partition coefficient (Wildman–Crippen LogP) is 2.76. The number of nitrogens with zero attached hydrogens (tertiary/aromatic N) is 3. The Balaban J connectivity index is 1.54. The Hall–Kier alpha value is -2.89. The standard InChI is InChI=1S/C18H17N3O3/c1-12-16(17-19-8-4-9-21(17)20-12)18(22)24-11-13-7-10-23-15-6-3-2-5-14(13)15/h2-6,8-9,13H,7,10-11H2,1H3/t13-/m0/s1. The predicted molar refractivity (Wildman–Crippen MR) is 87.3 cm³/mol. The average molecular weight is 323 g/mol. The molecule has 1 aliphatic heterocycles. The van der Waals surface area contributed by atoms with E-state index in [-0.39, 0.29) is 11.9 Å². The molecule has 0 aliphatic carbocycles. The fourth-order valence-electron chi connectivity index (χ4n) is 3.07. The van der Waals surface area contributed by atoms with Crippen LogP contribution in [0.3, 0.4) is 0 Å². The van der Waals surface area contributed by atoms with Crippen LogP contribution in [0.2, 0.25) is 0 Å². The first-order chi connectivity index (χ1) is 11.7. The molecule has 1 atom stereocenters. The number of para-hydroxylation sites is 1. The molecule has 24 heavy (non-hydrogen) atoms. The number of carbonyl (C=O) groups is 1. The summed E-state index contributed by atoms with van der Waals surface area (Å²) in [6.07, 6.45) is 4.24. The maximum atomic E-state index is 12.5. The zero-order chi connectivity index (χ0) is 16.5. The Labute approximate surface area is 139 Å². The first kappa shape index (κ1) is 14.7. The lowest BCUT2D eigenvalue weighted by atomic mass is 9.94. The summed E-state index contributed by atoms with van der Waals surface area (Å²) in [4.78, 5) is 16.8. The third-order valence-electron chi connectivity index (χ3n) is 4.27. The average Bonchev–Trinajstić information content (AvgIpc) is 2.95. The number of carbonyl (C=O) groups excluding carboxylic acids is 1. The molecule has 1 aliphatic rings. The van der Waals surface area contributed by atoms with Crippen LogP contribution in [0.5, 0.6) is 5.75 Å². The van der Waals surface area contributed by atoms with Crippen molar-refractivity contribution < 1.29 is 14.3 Å². The Morgan fingerprint density at radius 2 is 2.25 bits per heavy atom. The molecule has 2 aromatic heterocycles. The number of aromatic nitrogens is 3. The van der Waals surface area contributed by atoms with E-state index in [0.29, 0.717) is 30.1 Å². The van der Waals surface area contributed by atoms with Crippen molar-refractivity contribution in [2.24, 2.45) is 0 Å². The molecule has 0 radical (unpaired) electrons. The molecule has 3 heterocycles. The molecule has 6 nitrogen and oxygen atoms in total. The van der Waals surface area contributed by atoms with Crippen molar-refractivity contribution in [1.29, 1.82) is 0 Å². The van der Waals surface area contributed by atoms with Crippen molar-refractivity contribution in [2.75, 3.05) is 13.2 Å². The van der Waals surface area contributed by atoms with Crippen molar-refractivity contribution in [1.82, 2.24) is 14.6 Å². The highest BCUT2D eigenvalue weighted by atomic mass is 16.5. The normalized spacial score (nSPS) is 16.5. The van der Waals surface area contributed by atoms with Gasteiger partial charge in [0.1, 0.15) is 11.3 Å². The molecule has 0 amide bonds. The number of hydrogen-bond acceptors (Lipinski definition) is 5. The molecular weight excluding hydrogens is 306 g/mol. The number of ether oxygens (including phenoxy) is 2. The number of fused-ring (bicyclic) bond motifs is 2. The number of esters is 1. The smallest absolute Gasteiger partial charge is 0.343 e. The van der Waals surface area contributed by atoms with Gasteiger partial charge in [-0.3, -0.25) is 0 Å². The van der Waals surface area contributed by atoms with Crippen molar-refractivity contribution in [2.45, 2.75) is 19.3 Å². The second-order valence-electron chi connectivity index (χ2n) is 5.82. The van der Waals surface area contributed by atoms with Gasteiger partial charge >= 0.3 is 5.97 Å². The zero-order valence-corrected chi connectivity index (χ0v) is 13.3. The highest BCUT2D eigenvalue weighted by Crippen LogP contribution is 2.33. The lowest BCUT2D eigenvalue weighted by Gasteiger charge is -2.25. The van der Waals surface area contributed by atoms with Crippen LogP contribution in [0.15, 0.2) is 42.7 Å². The second-order valence-corrected chi connectivity index (χ2v) is 5.82. The lowest BCUT2D eigenvalue weighted by molar-refractivity contribution is 0.0460. The van der Waals surface area contributed by atoms with Gasteiger partial charge in [-0.25, -0.2) is 14.3 Å². The van der Waals surface area contributed by atoms with Crippen LogP contribution in [0.25, 0.3) is 5.65 Å². The van der Waals surface area contributed by atoms with Crippen LogP contribution < -0.4 is 4.74 Å². The molecule has 0 unspecified atom stereocenters. The van der Waals surface area contributed by atoms with Crippen LogP contribution in [0, 0.1) is 6.92 Å². The minimum Gasteiger partial charge on any atom is -0.493 e. The summed E-state index contributed by atoms with van der Waals surface area (Å²) in [5.41, 5.74) is 2.65. The van der Waals surface area contributed by atoms with E-state index < -0.39 is 0 Å². The number of hydrogen-bond donors (Lipinski definition) is 0. The SMILES string of the molecule is Cc1nn2cccnc2c1C(=O)OC[C@@H]1CCOc2ccccc21. The van der Waals surface area contributed by atoms with E-state index in [4.69, 9.17) is 9.47 Å². The first-order valence-corrected chi connectivity index (χ1v) is 7.93. The zero-order valence-electron chi connectivity index (χ0n) is 13.3. The molecule has 6 heteroatoms. The van der Waals surface area contributed by atoms with Crippen LogP contribution in [0.4, 0.5) is 0 Å².